The van der Waals surface area contributed by atoms with Crippen LogP contribution in [0.5, 0.6) is 0 Å². The number of amides is 1. The Bertz CT molecular complexity index is 695. The quantitative estimate of drug-likeness (QED) is 0.794. The lowest BCUT2D eigenvalue weighted by atomic mass is 10.3. The van der Waals surface area contributed by atoms with Crippen LogP contribution in [0.15, 0.2) is 18.7 Å². The van der Waals surface area contributed by atoms with Crippen LogP contribution in [0.25, 0.3) is 0 Å². The fourth-order valence-corrected chi connectivity index (χ4v) is 3.19. The summed E-state index contributed by atoms with van der Waals surface area (Å²) in [5.74, 6) is 1.01. The second kappa shape index (κ2) is 6.33. The van der Waals surface area contributed by atoms with Crippen LogP contribution in [0.3, 0.4) is 0 Å². The second-order valence-electron chi connectivity index (χ2n) is 6.46. The SMILES string of the molecule is O=C(c1ncn[nH]1)N1CCN(Cc2nccn2C2CC2)C[C@@H](O)C1. The van der Waals surface area contributed by atoms with Gasteiger partial charge in [-0.3, -0.25) is 14.8 Å². The minimum atomic E-state index is -0.594. The van der Waals surface area contributed by atoms with Crippen molar-refractivity contribution in [3.63, 3.8) is 0 Å². The van der Waals surface area contributed by atoms with Gasteiger partial charge in [-0.1, -0.05) is 0 Å². The van der Waals surface area contributed by atoms with Crippen LogP contribution in [0, 0.1) is 0 Å². The third-order valence-electron chi connectivity index (χ3n) is 4.55. The number of aliphatic hydroxyl groups is 1. The minimum absolute atomic E-state index is 0.208. The zero-order valence-electron chi connectivity index (χ0n) is 13.4. The Hall–Kier alpha value is -2.26. The number of hydrogen-bond acceptors (Lipinski definition) is 6. The first-order chi connectivity index (χ1) is 11.7. The number of nitrogens with one attached hydrogen (secondary N) is 1. The van der Waals surface area contributed by atoms with E-state index in [4.69, 9.17) is 0 Å². The van der Waals surface area contributed by atoms with Crippen molar-refractivity contribution in [3.8, 4) is 0 Å². The molecule has 0 bridgehead atoms. The van der Waals surface area contributed by atoms with E-state index in [0.717, 1.165) is 5.82 Å². The minimum Gasteiger partial charge on any atom is -0.390 e. The van der Waals surface area contributed by atoms with Crippen LogP contribution >= 0.6 is 0 Å². The van der Waals surface area contributed by atoms with Gasteiger partial charge in [0.25, 0.3) is 5.91 Å². The molecular weight excluding hydrogens is 310 g/mol. The molecule has 1 saturated carbocycles. The average molecular weight is 331 g/mol. The normalized spacial score (nSPS) is 22.5. The fraction of sp³-hybridized carbons (Fsp3) is 0.600. The molecule has 0 spiro atoms. The summed E-state index contributed by atoms with van der Waals surface area (Å²) in [5.41, 5.74) is 0. The van der Waals surface area contributed by atoms with Crippen molar-refractivity contribution in [1.29, 1.82) is 0 Å². The molecule has 2 fully saturated rings. The van der Waals surface area contributed by atoms with E-state index in [1.807, 2.05) is 12.4 Å². The second-order valence-corrected chi connectivity index (χ2v) is 6.46. The highest BCUT2D eigenvalue weighted by atomic mass is 16.3. The maximum Gasteiger partial charge on any atom is 0.291 e. The Morgan fingerprint density at radius 3 is 2.92 bits per heavy atom. The molecule has 4 rings (SSSR count). The van der Waals surface area contributed by atoms with Gasteiger partial charge in [0.1, 0.15) is 12.2 Å². The lowest BCUT2D eigenvalue weighted by Crippen LogP contribution is -2.38. The molecule has 1 atom stereocenters. The highest BCUT2D eigenvalue weighted by molar-refractivity contribution is 5.90. The van der Waals surface area contributed by atoms with Gasteiger partial charge in [0.15, 0.2) is 0 Å². The molecule has 2 aliphatic rings. The predicted molar refractivity (Wildman–Crippen MR) is 84.1 cm³/mol. The van der Waals surface area contributed by atoms with Crippen molar-refractivity contribution < 1.29 is 9.90 Å². The Labute approximate surface area is 139 Å². The molecule has 2 N–H and O–H groups in total. The van der Waals surface area contributed by atoms with Gasteiger partial charge in [0, 0.05) is 44.6 Å². The van der Waals surface area contributed by atoms with Gasteiger partial charge in [0.2, 0.25) is 5.82 Å². The van der Waals surface area contributed by atoms with Gasteiger partial charge < -0.3 is 14.6 Å². The zero-order valence-corrected chi connectivity index (χ0v) is 13.4. The van der Waals surface area contributed by atoms with Crippen molar-refractivity contribution in [2.45, 2.75) is 31.5 Å². The van der Waals surface area contributed by atoms with Gasteiger partial charge in [-0.05, 0) is 12.8 Å². The smallest absolute Gasteiger partial charge is 0.291 e. The first-order valence-corrected chi connectivity index (χ1v) is 8.27. The molecule has 9 nitrogen and oxygen atoms in total. The van der Waals surface area contributed by atoms with E-state index in [2.05, 4.69) is 29.6 Å². The van der Waals surface area contributed by atoms with Crippen molar-refractivity contribution in [2.24, 2.45) is 0 Å². The molecule has 0 unspecified atom stereocenters. The molecule has 128 valence electrons. The lowest BCUT2D eigenvalue weighted by molar-refractivity contribution is 0.0651. The zero-order chi connectivity index (χ0) is 16.5. The number of imidazole rings is 1. The molecule has 1 aliphatic heterocycles. The maximum atomic E-state index is 12.4. The van der Waals surface area contributed by atoms with Crippen LogP contribution in [0.4, 0.5) is 0 Å². The molecule has 1 aliphatic carbocycles. The van der Waals surface area contributed by atoms with Crippen LogP contribution in [0.1, 0.15) is 35.3 Å². The molecule has 2 aromatic rings. The average Bonchev–Trinajstić information content (AvgIpc) is 3.12. The number of aromatic amines is 1. The molecule has 1 amide bonds. The highest BCUT2D eigenvalue weighted by Crippen LogP contribution is 2.35. The molecule has 9 heteroatoms. The third-order valence-corrected chi connectivity index (χ3v) is 4.55. The summed E-state index contributed by atoms with van der Waals surface area (Å²) in [6.45, 7) is 2.74. The molecule has 2 aromatic heterocycles. The van der Waals surface area contributed by atoms with E-state index in [9.17, 15) is 9.90 Å². The Kier molecular flexibility index (Phi) is 4.03. The summed E-state index contributed by atoms with van der Waals surface area (Å²) in [6.07, 6.45) is 7.01. The van der Waals surface area contributed by atoms with E-state index >= 15 is 0 Å². The number of hydrogen-bond donors (Lipinski definition) is 2. The summed E-state index contributed by atoms with van der Waals surface area (Å²) in [6, 6.07) is 0.587. The van der Waals surface area contributed by atoms with Crippen LogP contribution in [-0.4, -0.2) is 77.8 Å². The van der Waals surface area contributed by atoms with Gasteiger partial charge in [-0.2, -0.15) is 5.10 Å². The first-order valence-electron chi connectivity index (χ1n) is 8.27. The summed E-state index contributed by atoms with van der Waals surface area (Å²) >= 11 is 0. The Balaban J connectivity index is 1.42. The van der Waals surface area contributed by atoms with Gasteiger partial charge in [-0.15, -0.1) is 0 Å². The predicted octanol–water partition coefficient (Wildman–Crippen LogP) is -0.345. The highest BCUT2D eigenvalue weighted by Gasteiger charge is 2.29. The van der Waals surface area contributed by atoms with Crippen molar-refractivity contribution in [1.82, 2.24) is 34.5 Å². The Morgan fingerprint density at radius 1 is 1.29 bits per heavy atom. The largest absolute Gasteiger partial charge is 0.390 e. The number of H-pyrrole nitrogens is 1. The van der Waals surface area contributed by atoms with Crippen LogP contribution in [0.2, 0.25) is 0 Å². The summed E-state index contributed by atoms with van der Waals surface area (Å²) in [5, 5.41) is 16.6. The third kappa shape index (κ3) is 3.17. The summed E-state index contributed by atoms with van der Waals surface area (Å²) in [4.78, 5) is 24.5. The van der Waals surface area contributed by atoms with Gasteiger partial charge in [-0.25, -0.2) is 9.97 Å². The fourth-order valence-electron chi connectivity index (χ4n) is 3.19. The number of carbonyl (C=O) groups is 1. The van der Waals surface area contributed by atoms with Crippen molar-refractivity contribution in [3.05, 3.63) is 30.4 Å². The summed E-state index contributed by atoms with van der Waals surface area (Å²) < 4.78 is 2.23. The van der Waals surface area contributed by atoms with E-state index in [1.165, 1.54) is 19.2 Å². The van der Waals surface area contributed by atoms with E-state index in [1.54, 1.807) is 4.90 Å². The number of nitrogens with zero attached hydrogens (tertiary/aromatic N) is 6. The first kappa shape index (κ1) is 15.3. The van der Waals surface area contributed by atoms with E-state index in [-0.39, 0.29) is 11.7 Å². The van der Waals surface area contributed by atoms with Crippen molar-refractivity contribution in [2.75, 3.05) is 26.2 Å². The molecule has 1 saturated heterocycles. The topological polar surface area (TPSA) is 103 Å². The molecule has 3 heterocycles. The Morgan fingerprint density at radius 2 is 2.17 bits per heavy atom. The number of aromatic nitrogens is 5. The number of β-amino-alcohol motifs (C(OH)–C–C–N with tert-alkyl or cyclic N) is 1. The maximum absolute atomic E-state index is 12.4. The molecule has 0 aromatic carbocycles. The van der Waals surface area contributed by atoms with E-state index in [0.29, 0.717) is 38.8 Å². The lowest BCUT2D eigenvalue weighted by Gasteiger charge is -2.21. The number of carbonyl (C=O) groups excluding carboxylic acids is 1. The van der Waals surface area contributed by atoms with Crippen LogP contribution < -0.4 is 0 Å². The molecule has 24 heavy (non-hydrogen) atoms. The van der Waals surface area contributed by atoms with Crippen molar-refractivity contribution >= 4 is 5.91 Å². The van der Waals surface area contributed by atoms with Gasteiger partial charge >= 0.3 is 0 Å². The summed E-state index contributed by atoms with van der Waals surface area (Å²) in [7, 11) is 0. The van der Waals surface area contributed by atoms with E-state index < -0.39 is 6.10 Å². The van der Waals surface area contributed by atoms with Crippen LogP contribution in [-0.2, 0) is 6.54 Å². The number of rotatable bonds is 4. The standard InChI is InChI=1S/C15H21N7O2/c23-12-7-20(9-13-16-3-4-22(13)11-1-2-11)5-6-21(8-12)15(24)14-17-10-18-19-14/h3-4,10-12,23H,1-2,5-9H2,(H,17,18,19)/t12-/m1/s1. The monoisotopic (exact) mass is 331 g/mol. The molecular formula is C15H21N7O2. The van der Waals surface area contributed by atoms with Gasteiger partial charge in [0.05, 0.1) is 12.6 Å². The number of aliphatic hydroxyl groups excluding tert-OH is 1. The molecule has 0 radical (unpaired) electrons.